The summed E-state index contributed by atoms with van der Waals surface area (Å²) in [4.78, 5) is 33.8. The van der Waals surface area contributed by atoms with Crippen LogP contribution >= 0.6 is 0 Å². The van der Waals surface area contributed by atoms with Gasteiger partial charge in [0.05, 0.1) is 18.5 Å². The molecule has 6 heteroatoms. The quantitative estimate of drug-likeness (QED) is 0.690. The number of carbonyl (C=O) groups excluding carboxylic acids is 2. The Labute approximate surface area is 169 Å². The summed E-state index contributed by atoms with van der Waals surface area (Å²) in [6.07, 6.45) is 7.23. The Morgan fingerprint density at radius 3 is 2.86 bits per heavy atom. The first-order chi connectivity index (χ1) is 14.1. The number of hydrogen-bond donors (Lipinski definition) is 0. The molecular weight excluding hydrogens is 364 g/mol. The lowest BCUT2D eigenvalue weighted by Gasteiger charge is -2.25. The van der Waals surface area contributed by atoms with Gasteiger partial charge in [-0.2, -0.15) is 0 Å². The Morgan fingerprint density at radius 2 is 2.03 bits per heavy atom. The average Bonchev–Trinajstić information content (AvgIpc) is 3.37. The smallest absolute Gasteiger partial charge is 0.227 e. The van der Waals surface area contributed by atoms with Gasteiger partial charge < -0.3 is 14.4 Å². The summed E-state index contributed by atoms with van der Waals surface area (Å²) in [6.45, 7) is 1.29. The van der Waals surface area contributed by atoms with E-state index in [9.17, 15) is 9.59 Å². The minimum atomic E-state index is -0.0124. The van der Waals surface area contributed by atoms with Crippen molar-refractivity contribution in [3.8, 4) is 0 Å². The van der Waals surface area contributed by atoms with E-state index in [2.05, 4.69) is 21.7 Å². The van der Waals surface area contributed by atoms with Crippen LogP contribution in [0.5, 0.6) is 0 Å². The molecule has 6 nitrogen and oxygen atoms in total. The minimum absolute atomic E-state index is 0.0124. The molecular formula is C23H24N4O2. The second kappa shape index (κ2) is 7.03. The summed E-state index contributed by atoms with van der Waals surface area (Å²) in [5.41, 5.74) is 3.21. The zero-order valence-corrected chi connectivity index (χ0v) is 16.5. The number of pyridine rings is 1. The molecule has 2 saturated heterocycles. The summed E-state index contributed by atoms with van der Waals surface area (Å²) in [5.74, 6) is 0.247. The van der Waals surface area contributed by atoms with Gasteiger partial charge in [0, 0.05) is 56.1 Å². The van der Waals surface area contributed by atoms with Crippen LogP contribution in [0.2, 0.25) is 0 Å². The molecule has 1 aromatic carbocycles. The van der Waals surface area contributed by atoms with Crippen molar-refractivity contribution in [2.45, 2.75) is 37.9 Å². The fourth-order valence-corrected chi connectivity index (χ4v) is 4.96. The zero-order chi connectivity index (χ0) is 20.0. The van der Waals surface area contributed by atoms with Crippen LogP contribution in [-0.2, 0) is 29.6 Å². The number of nitrogens with zero attached hydrogens (tertiary/aromatic N) is 4. The van der Waals surface area contributed by atoms with E-state index in [0.717, 1.165) is 35.0 Å². The molecule has 0 bridgehead atoms. The van der Waals surface area contributed by atoms with Crippen LogP contribution < -0.4 is 0 Å². The van der Waals surface area contributed by atoms with Crippen molar-refractivity contribution in [3.63, 3.8) is 0 Å². The Balaban J connectivity index is 1.33. The van der Waals surface area contributed by atoms with Gasteiger partial charge in [0.2, 0.25) is 11.8 Å². The summed E-state index contributed by atoms with van der Waals surface area (Å²) >= 11 is 0. The van der Waals surface area contributed by atoms with Gasteiger partial charge in [0.25, 0.3) is 0 Å². The maximum absolute atomic E-state index is 13.2. The van der Waals surface area contributed by atoms with Gasteiger partial charge in [-0.1, -0.05) is 24.3 Å². The van der Waals surface area contributed by atoms with Crippen LogP contribution in [0.15, 0.2) is 55.0 Å². The SMILES string of the molecule is Cn1cc(CC(=O)N2CC[C@H]3[C@@H]2CC(=O)N3Cc2cccnc2)c2ccccc21. The van der Waals surface area contributed by atoms with Crippen molar-refractivity contribution in [2.24, 2.45) is 7.05 Å². The third-order valence-corrected chi connectivity index (χ3v) is 6.33. The van der Waals surface area contributed by atoms with Crippen molar-refractivity contribution < 1.29 is 9.59 Å². The van der Waals surface area contributed by atoms with Crippen LogP contribution in [0.25, 0.3) is 10.9 Å². The van der Waals surface area contributed by atoms with E-state index < -0.39 is 0 Å². The molecule has 2 aliphatic rings. The zero-order valence-electron chi connectivity index (χ0n) is 16.5. The maximum atomic E-state index is 13.2. The Bertz CT molecular complexity index is 1070. The molecule has 2 atom stereocenters. The summed E-state index contributed by atoms with van der Waals surface area (Å²) in [7, 11) is 2.01. The third kappa shape index (κ3) is 3.09. The van der Waals surface area contributed by atoms with Gasteiger partial charge in [-0.3, -0.25) is 14.6 Å². The molecule has 5 rings (SSSR count). The van der Waals surface area contributed by atoms with Gasteiger partial charge in [-0.15, -0.1) is 0 Å². The Morgan fingerprint density at radius 1 is 1.17 bits per heavy atom. The number of likely N-dealkylation sites (tertiary alicyclic amines) is 2. The van der Waals surface area contributed by atoms with E-state index in [1.54, 1.807) is 12.4 Å². The van der Waals surface area contributed by atoms with Crippen LogP contribution in [0.3, 0.4) is 0 Å². The van der Waals surface area contributed by atoms with Crippen molar-refractivity contribution in [1.29, 1.82) is 0 Å². The normalized spacial score (nSPS) is 21.2. The maximum Gasteiger partial charge on any atom is 0.227 e. The van der Waals surface area contributed by atoms with Crippen LogP contribution in [0.4, 0.5) is 0 Å². The van der Waals surface area contributed by atoms with Crippen molar-refractivity contribution in [2.75, 3.05) is 6.54 Å². The first-order valence-electron chi connectivity index (χ1n) is 10.1. The highest BCUT2D eigenvalue weighted by Crippen LogP contribution is 2.34. The van der Waals surface area contributed by atoms with Crippen LogP contribution in [0, 0.1) is 0 Å². The average molecular weight is 388 g/mol. The number of carbonyl (C=O) groups is 2. The lowest BCUT2D eigenvalue weighted by molar-refractivity contribution is -0.131. The number of fused-ring (bicyclic) bond motifs is 2. The molecule has 29 heavy (non-hydrogen) atoms. The Kier molecular flexibility index (Phi) is 4.34. The molecule has 2 amide bonds. The van der Waals surface area contributed by atoms with E-state index in [1.165, 1.54) is 0 Å². The molecule has 0 unspecified atom stereocenters. The summed E-state index contributed by atoms with van der Waals surface area (Å²) in [5, 5.41) is 1.12. The Hall–Kier alpha value is -3.15. The second-order valence-corrected chi connectivity index (χ2v) is 8.06. The topological polar surface area (TPSA) is 58.4 Å². The number of aryl methyl sites for hydroxylation is 1. The van der Waals surface area contributed by atoms with E-state index in [0.29, 0.717) is 19.4 Å². The van der Waals surface area contributed by atoms with Gasteiger partial charge in [0.15, 0.2) is 0 Å². The molecule has 2 aliphatic heterocycles. The number of aromatic nitrogens is 2. The highest BCUT2D eigenvalue weighted by molar-refractivity contribution is 5.90. The lowest BCUT2D eigenvalue weighted by Crippen LogP contribution is -2.40. The largest absolute Gasteiger partial charge is 0.350 e. The van der Waals surface area contributed by atoms with Crippen molar-refractivity contribution >= 4 is 22.7 Å². The van der Waals surface area contributed by atoms with Gasteiger partial charge in [-0.25, -0.2) is 0 Å². The molecule has 0 N–H and O–H groups in total. The fraction of sp³-hybridized carbons (Fsp3) is 0.348. The van der Waals surface area contributed by atoms with Gasteiger partial charge in [0.1, 0.15) is 0 Å². The molecule has 0 aliphatic carbocycles. The van der Waals surface area contributed by atoms with Crippen molar-refractivity contribution in [1.82, 2.24) is 19.4 Å². The second-order valence-electron chi connectivity index (χ2n) is 8.06. The number of rotatable bonds is 4. The first kappa shape index (κ1) is 17.9. The van der Waals surface area contributed by atoms with Gasteiger partial charge >= 0.3 is 0 Å². The molecule has 2 aromatic heterocycles. The van der Waals surface area contributed by atoms with Crippen molar-refractivity contribution in [3.05, 3.63) is 66.1 Å². The molecule has 4 heterocycles. The molecule has 0 spiro atoms. The van der Waals surface area contributed by atoms with E-state index >= 15 is 0 Å². The highest BCUT2D eigenvalue weighted by Gasteiger charge is 2.48. The molecule has 148 valence electrons. The highest BCUT2D eigenvalue weighted by atomic mass is 16.2. The first-order valence-corrected chi connectivity index (χ1v) is 10.1. The van der Waals surface area contributed by atoms with E-state index in [-0.39, 0.29) is 23.9 Å². The summed E-state index contributed by atoms with van der Waals surface area (Å²) < 4.78 is 2.07. The third-order valence-electron chi connectivity index (χ3n) is 6.33. The number of benzene rings is 1. The predicted octanol–water partition coefficient (Wildman–Crippen LogP) is 2.52. The number of hydrogen-bond acceptors (Lipinski definition) is 3. The monoisotopic (exact) mass is 388 g/mol. The molecule has 0 saturated carbocycles. The van der Waals surface area contributed by atoms with Crippen LogP contribution in [-0.4, -0.2) is 49.8 Å². The number of amides is 2. The fourth-order valence-electron chi connectivity index (χ4n) is 4.96. The lowest BCUT2D eigenvalue weighted by atomic mass is 10.1. The number of para-hydroxylation sites is 1. The predicted molar refractivity (Wildman–Crippen MR) is 110 cm³/mol. The molecule has 2 fully saturated rings. The van der Waals surface area contributed by atoms with E-state index in [1.807, 2.05) is 47.3 Å². The molecule has 0 radical (unpaired) electrons. The minimum Gasteiger partial charge on any atom is -0.350 e. The van der Waals surface area contributed by atoms with E-state index in [4.69, 9.17) is 0 Å². The summed E-state index contributed by atoms with van der Waals surface area (Å²) in [6, 6.07) is 12.1. The van der Waals surface area contributed by atoms with Crippen LogP contribution in [0.1, 0.15) is 24.0 Å². The van der Waals surface area contributed by atoms with Gasteiger partial charge in [-0.05, 0) is 29.7 Å². The molecule has 3 aromatic rings. The standard InChI is InChI=1S/C23H24N4O2/c1-25-15-17(18-6-2-3-7-19(18)25)11-22(28)26-10-8-20-21(26)12-23(29)27(20)14-16-5-4-9-24-13-16/h2-7,9,13,15,20-21H,8,10-12,14H2,1H3/t20-,21-/m0/s1.